The normalized spacial score (nSPS) is 12.9. The Hall–Kier alpha value is -1.40. The maximum Gasteiger partial charge on any atom is 0.238 e. The molecular weight excluding hydrogens is 276 g/mol. The van der Waals surface area contributed by atoms with Crippen molar-refractivity contribution < 1.29 is 13.2 Å². The maximum atomic E-state index is 11.7. The first-order valence-electron chi connectivity index (χ1n) is 6.74. The average Bonchev–Trinajstić information content (AvgIpc) is 2.36. The van der Waals surface area contributed by atoms with Gasteiger partial charge in [0.15, 0.2) is 0 Å². The van der Waals surface area contributed by atoms with Crippen LogP contribution in [0, 0.1) is 0 Å². The first kappa shape index (κ1) is 16.7. The summed E-state index contributed by atoms with van der Waals surface area (Å²) < 4.78 is 22.2. The molecule has 5 nitrogen and oxygen atoms in total. The molecule has 1 aromatic rings. The number of hydrogen-bond donors (Lipinski definition) is 2. The summed E-state index contributed by atoms with van der Waals surface area (Å²) >= 11 is 0. The molecular formula is C14H22N2O3S. The summed E-state index contributed by atoms with van der Waals surface area (Å²) in [6.45, 7) is 4.07. The molecule has 0 radical (unpaired) electrons. The van der Waals surface area contributed by atoms with Crippen LogP contribution in [0.2, 0.25) is 0 Å². The van der Waals surface area contributed by atoms with Crippen molar-refractivity contribution >= 4 is 15.9 Å². The van der Waals surface area contributed by atoms with E-state index in [0.717, 1.165) is 18.4 Å². The lowest BCUT2D eigenvalue weighted by molar-refractivity contribution is -0.121. The third kappa shape index (κ3) is 5.71. The predicted molar refractivity (Wildman–Crippen MR) is 78.6 cm³/mol. The molecule has 0 unspecified atom stereocenters. The van der Waals surface area contributed by atoms with E-state index in [0.29, 0.717) is 12.8 Å². The number of aryl methyl sites for hydroxylation is 1. The number of benzene rings is 1. The van der Waals surface area contributed by atoms with Crippen LogP contribution in [0.4, 0.5) is 0 Å². The molecule has 0 saturated carbocycles. The second kappa shape index (κ2) is 7.40. The SMILES string of the molecule is CCC[C@H](C)NC(=O)CCc1ccc(S(N)(=O)=O)cc1. The number of rotatable bonds is 7. The Labute approximate surface area is 120 Å². The number of amides is 1. The van der Waals surface area contributed by atoms with Gasteiger partial charge in [0.05, 0.1) is 4.90 Å². The van der Waals surface area contributed by atoms with E-state index in [-0.39, 0.29) is 16.8 Å². The van der Waals surface area contributed by atoms with Gasteiger partial charge in [0.2, 0.25) is 15.9 Å². The molecule has 0 aromatic heterocycles. The predicted octanol–water partition coefficient (Wildman–Crippen LogP) is 1.57. The summed E-state index contributed by atoms with van der Waals surface area (Å²) in [5.41, 5.74) is 0.913. The van der Waals surface area contributed by atoms with Crippen LogP contribution in [0.5, 0.6) is 0 Å². The van der Waals surface area contributed by atoms with Gasteiger partial charge >= 0.3 is 0 Å². The molecule has 0 aliphatic heterocycles. The number of hydrogen-bond acceptors (Lipinski definition) is 3. The second-order valence-electron chi connectivity index (χ2n) is 4.95. The third-order valence-electron chi connectivity index (χ3n) is 3.02. The van der Waals surface area contributed by atoms with E-state index < -0.39 is 10.0 Å². The van der Waals surface area contributed by atoms with E-state index >= 15 is 0 Å². The van der Waals surface area contributed by atoms with Gasteiger partial charge in [0.25, 0.3) is 0 Å². The molecule has 3 N–H and O–H groups in total. The number of carbonyl (C=O) groups excluding carboxylic acids is 1. The first-order chi connectivity index (χ1) is 9.32. The lowest BCUT2D eigenvalue weighted by atomic mass is 10.1. The third-order valence-corrected chi connectivity index (χ3v) is 3.95. The van der Waals surface area contributed by atoms with Crippen LogP contribution < -0.4 is 10.5 Å². The fraction of sp³-hybridized carbons (Fsp3) is 0.500. The smallest absolute Gasteiger partial charge is 0.238 e. The monoisotopic (exact) mass is 298 g/mol. The van der Waals surface area contributed by atoms with Crippen LogP contribution in [0.25, 0.3) is 0 Å². The van der Waals surface area contributed by atoms with Crippen molar-refractivity contribution in [1.82, 2.24) is 5.32 Å². The van der Waals surface area contributed by atoms with Crippen molar-refractivity contribution in [2.24, 2.45) is 5.14 Å². The van der Waals surface area contributed by atoms with Crippen LogP contribution >= 0.6 is 0 Å². The van der Waals surface area contributed by atoms with Crippen LogP contribution in [0.15, 0.2) is 29.2 Å². The van der Waals surface area contributed by atoms with Crippen molar-refractivity contribution in [3.05, 3.63) is 29.8 Å². The minimum atomic E-state index is -3.65. The maximum absolute atomic E-state index is 11.7. The minimum Gasteiger partial charge on any atom is -0.354 e. The van der Waals surface area contributed by atoms with E-state index in [4.69, 9.17) is 5.14 Å². The van der Waals surface area contributed by atoms with Gasteiger partial charge < -0.3 is 5.32 Å². The van der Waals surface area contributed by atoms with Crippen molar-refractivity contribution in [3.8, 4) is 0 Å². The standard InChI is InChI=1S/C14H22N2O3S/c1-3-4-11(2)16-14(17)10-7-12-5-8-13(9-6-12)20(15,18)19/h5-6,8-9,11H,3-4,7,10H2,1-2H3,(H,16,17)(H2,15,18,19)/t11-/m0/s1. The molecule has 0 aliphatic carbocycles. The zero-order valence-electron chi connectivity index (χ0n) is 11.9. The average molecular weight is 298 g/mol. The molecule has 1 atom stereocenters. The summed E-state index contributed by atoms with van der Waals surface area (Å²) in [4.78, 5) is 11.8. The Kier molecular flexibility index (Phi) is 6.16. The number of carbonyl (C=O) groups is 1. The lowest BCUT2D eigenvalue weighted by Crippen LogP contribution is -2.32. The van der Waals surface area contributed by atoms with Gasteiger partial charge in [-0.3, -0.25) is 4.79 Å². The number of sulfonamides is 1. The Balaban J connectivity index is 2.48. The molecule has 1 aromatic carbocycles. The first-order valence-corrected chi connectivity index (χ1v) is 8.28. The summed E-state index contributed by atoms with van der Waals surface area (Å²) in [5.74, 6) is 0.0153. The molecule has 0 aliphatic rings. The van der Waals surface area contributed by atoms with Gasteiger partial charge in [-0.15, -0.1) is 0 Å². The highest BCUT2D eigenvalue weighted by atomic mass is 32.2. The molecule has 112 valence electrons. The topological polar surface area (TPSA) is 89.3 Å². The molecule has 0 bridgehead atoms. The van der Waals surface area contributed by atoms with Gasteiger partial charge in [-0.2, -0.15) is 0 Å². The summed E-state index contributed by atoms with van der Waals surface area (Å²) in [6.07, 6.45) is 2.98. The van der Waals surface area contributed by atoms with Crippen molar-refractivity contribution in [1.29, 1.82) is 0 Å². The van der Waals surface area contributed by atoms with Crippen LogP contribution in [-0.4, -0.2) is 20.4 Å². The minimum absolute atomic E-state index is 0.0153. The summed E-state index contributed by atoms with van der Waals surface area (Å²) in [5, 5.41) is 7.95. The molecule has 0 spiro atoms. The van der Waals surface area contributed by atoms with E-state index in [9.17, 15) is 13.2 Å². The van der Waals surface area contributed by atoms with Crippen LogP contribution in [0.3, 0.4) is 0 Å². The van der Waals surface area contributed by atoms with E-state index in [1.165, 1.54) is 12.1 Å². The molecule has 0 saturated heterocycles. The largest absolute Gasteiger partial charge is 0.354 e. The van der Waals surface area contributed by atoms with E-state index in [2.05, 4.69) is 12.2 Å². The Morgan fingerprint density at radius 3 is 2.40 bits per heavy atom. The van der Waals surface area contributed by atoms with Crippen molar-refractivity contribution in [2.45, 2.75) is 50.5 Å². The highest BCUT2D eigenvalue weighted by Gasteiger charge is 2.09. The Morgan fingerprint density at radius 2 is 1.90 bits per heavy atom. The van der Waals surface area contributed by atoms with Gasteiger partial charge in [-0.1, -0.05) is 25.5 Å². The quantitative estimate of drug-likeness (QED) is 0.800. The molecule has 0 fully saturated rings. The van der Waals surface area contributed by atoms with Crippen LogP contribution in [0.1, 0.15) is 38.7 Å². The molecule has 20 heavy (non-hydrogen) atoms. The van der Waals surface area contributed by atoms with E-state index in [1.807, 2.05) is 6.92 Å². The molecule has 1 rings (SSSR count). The number of nitrogens with two attached hydrogens (primary N) is 1. The van der Waals surface area contributed by atoms with Gasteiger partial charge in [-0.05, 0) is 37.5 Å². The zero-order chi connectivity index (χ0) is 15.2. The zero-order valence-corrected chi connectivity index (χ0v) is 12.7. The summed E-state index contributed by atoms with van der Waals surface area (Å²) in [7, 11) is -3.65. The molecule has 0 heterocycles. The van der Waals surface area contributed by atoms with Crippen LogP contribution in [-0.2, 0) is 21.2 Å². The number of nitrogens with one attached hydrogen (secondary N) is 1. The Bertz CT molecular complexity index is 538. The number of primary sulfonamides is 1. The van der Waals surface area contributed by atoms with Crippen molar-refractivity contribution in [3.63, 3.8) is 0 Å². The molecule has 1 amide bonds. The van der Waals surface area contributed by atoms with Gasteiger partial charge in [0, 0.05) is 12.5 Å². The van der Waals surface area contributed by atoms with E-state index in [1.54, 1.807) is 12.1 Å². The van der Waals surface area contributed by atoms with Crippen molar-refractivity contribution in [2.75, 3.05) is 0 Å². The highest BCUT2D eigenvalue weighted by molar-refractivity contribution is 7.89. The lowest BCUT2D eigenvalue weighted by Gasteiger charge is -2.12. The molecule has 6 heteroatoms. The highest BCUT2D eigenvalue weighted by Crippen LogP contribution is 2.10. The van der Waals surface area contributed by atoms with Gasteiger partial charge in [-0.25, -0.2) is 13.6 Å². The second-order valence-corrected chi connectivity index (χ2v) is 6.51. The fourth-order valence-electron chi connectivity index (χ4n) is 1.96. The fourth-order valence-corrected chi connectivity index (χ4v) is 2.47. The summed E-state index contributed by atoms with van der Waals surface area (Å²) in [6, 6.07) is 6.48. The van der Waals surface area contributed by atoms with Gasteiger partial charge in [0.1, 0.15) is 0 Å². The Morgan fingerprint density at radius 1 is 1.30 bits per heavy atom.